The van der Waals surface area contributed by atoms with E-state index in [9.17, 15) is 14.4 Å². The number of ether oxygens (including phenoxy) is 3. The molecule has 0 amide bonds. The zero-order chi connectivity index (χ0) is 23.9. The van der Waals surface area contributed by atoms with Gasteiger partial charge in [-0.05, 0) is 25.7 Å². The summed E-state index contributed by atoms with van der Waals surface area (Å²) < 4.78 is 15.5. The van der Waals surface area contributed by atoms with Gasteiger partial charge in [0.1, 0.15) is 17.5 Å². The summed E-state index contributed by atoms with van der Waals surface area (Å²) >= 11 is 0. The number of hydrogen-bond acceptors (Lipinski definition) is 10. The van der Waals surface area contributed by atoms with Crippen molar-refractivity contribution in [2.24, 2.45) is 28.2 Å². The van der Waals surface area contributed by atoms with Crippen molar-refractivity contribution in [1.29, 1.82) is 0 Å². The Morgan fingerprint density at radius 2 is 1.39 bits per heavy atom. The van der Waals surface area contributed by atoms with E-state index in [0.717, 1.165) is 0 Å². The van der Waals surface area contributed by atoms with Crippen LogP contribution in [0.15, 0.2) is 5.10 Å². The Bertz CT molecular complexity index is 643. The molecular formula is C21H38N4O6. The average Bonchev–Trinajstić information content (AvgIpc) is 2.72. The monoisotopic (exact) mass is 442 g/mol. The van der Waals surface area contributed by atoms with Crippen molar-refractivity contribution in [1.82, 2.24) is 9.80 Å². The van der Waals surface area contributed by atoms with Gasteiger partial charge in [-0.2, -0.15) is 5.10 Å². The summed E-state index contributed by atoms with van der Waals surface area (Å²) in [6, 6.07) is -1.28. The van der Waals surface area contributed by atoms with E-state index in [1.165, 1.54) is 14.2 Å². The quantitative estimate of drug-likeness (QED) is 0.182. The molecule has 1 heterocycles. The maximum atomic E-state index is 13.2. The standard InChI is InChI=1S/C21H38N4O6/c1-9-31-20(28)21(15(6)23-22)10-24(16(13(2)3)18(26)29-7)12-25(11-21)17(14(4)5)19(27)30-8/h13-14,16-17H,9-12,22H2,1-8H3/b23-15+/t16-,17-/m0/s1. The van der Waals surface area contributed by atoms with E-state index >= 15 is 0 Å². The molecule has 0 bridgehead atoms. The van der Waals surface area contributed by atoms with Crippen LogP contribution < -0.4 is 5.84 Å². The van der Waals surface area contributed by atoms with Crippen LogP contribution in [0.2, 0.25) is 0 Å². The summed E-state index contributed by atoms with van der Waals surface area (Å²) in [7, 11) is 2.66. The lowest BCUT2D eigenvalue weighted by molar-refractivity contribution is -0.170. The van der Waals surface area contributed by atoms with E-state index < -0.39 is 35.4 Å². The zero-order valence-corrected chi connectivity index (χ0v) is 20.0. The first kappa shape index (κ1) is 26.8. The first-order valence-electron chi connectivity index (χ1n) is 10.6. The predicted molar refractivity (Wildman–Crippen MR) is 116 cm³/mol. The van der Waals surface area contributed by atoms with Crippen LogP contribution in [0.25, 0.3) is 0 Å². The van der Waals surface area contributed by atoms with Gasteiger partial charge in [-0.25, -0.2) is 0 Å². The molecule has 2 atom stereocenters. The SMILES string of the molecule is CCOC(=O)C1(/C(C)=N/N)CN([C@H](C(=O)OC)C(C)C)CN([C@H](C(=O)OC)C(C)C)C1. The summed E-state index contributed by atoms with van der Waals surface area (Å²) in [5, 5.41) is 3.83. The minimum atomic E-state index is -1.26. The first-order chi connectivity index (χ1) is 14.5. The van der Waals surface area contributed by atoms with Crippen LogP contribution in [-0.2, 0) is 28.6 Å². The molecule has 1 fully saturated rings. The molecule has 0 radical (unpaired) electrons. The normalized spacial score (nSPS) is 19.7. The second-order valence-corrected chi connectivity index (χ2v) is 8.58. The number of hydrogen-bond donors (Lipinski definition) is 1. The van der Waals surface area contributed by atoms with Crippen LogP contribution in [0.1, 0.15) is 41.5 Å². The Morgan fingerprint density at radius 1 is 0.968 bits per heavy atom. The molecule has 10 heteroatoms. The van der Waals surface area contributed by atoms with Crippen LogP contribution in [0.3, 0.4) is 0 Å². The molecule has 0 aromatic rings. The van der Waals surface area contributed by atoms with Crippen molar-refractivity contribution >= 4 is 23.6 Å². The zero-order valence-electron chi connectivity index (χ0n) is 20.0. The molecule has 1 saturated heterocycles. The number of hydrazone groups is 1. The minimum Gasteiger partial charge on any atom is -0.468 e. The summed E-state index contributed by atoms with van der Waals surface area (Å²) in [5.74, 6) is 4.05. The highest BCUT2D eigenvalue weighted by molar-refractivity contribution is 6.06. The molecule has 2 N–H and O–H groups in total. The Morgan fingerprint density at radius 3 is 1.68 bits per heavy atom. The lowest BCUT2D eigenvalue weighted by Gasteiger charge is -2.50. The number of rotatable bonds is 9. The van der Waals surface area contributed by atoms with Gasteiger partial charge in [-0.3, -0.25) is 24.2 Å². The lowest BCUT2D eigenvalue weighted by atomic mass is 9.78. The van der Waals surface area contributed by atoms with Gasteiger partial charge in [0.2, 0.25) is 0 Å². The molecule has 0 spiro atoms. The smallest absolute Gasteiger partial charge is 0.323 e. The van der Waals surface area contributed by atoms with E-state index in [1.807, 2.05) is 37.5 Å². The molecule has 1 aliphatic heterocycles. The average molecular weight is 443 g/mol. The van der Waals surface area contributed by atoms with E-state index in [1.54, 1.807) is 13.8 Å². The van der Waals surface area contributed by atoms with Crippen LogP contribution in [-0.4, -0.2) is 86.1 Å². The fourth-order valence-electron chi connectivity index (χ4n) is 4.28. The molecule has 10 nitrogen and oxygen atoms in total. The van der Waals surface area contributed by atoms with E-state index in [2.05, 4.69) is 5.10 Å². The summed E-state index contributed by atoms with van der Waals surface area (Å²) in [5.41, 5.74) is -0.897. The van der Waals surface area contributed by atoms with Gasteiger partial charge in [0.25, 0.3) is 0 Å². The van der Waals surface area contributed by atoms with Gasteiger partial charge < -0.3 is 20.1 Å². The molecular weight excluding hydrogens is 404 g/mol. The van der Waals surface area contributed by atoms with Crippen molar-refractivity contribution in [2.45, 2.75) is 53.6 Å². The lowest BCUT2D eigenvalue weighted by Crippen LogP contribution is -2.68. The molecule has 1 rings (SSSR count). The molecule has 0 aromatic carbocycles. The summed E-state index contributed by atoms with van der Waals surface area (Å²) in [4.78, 5) is 42.2. The molecule has 0 saturated carbocycles. The number of nitrogens with two attached hydrogens (primary N) is 1. The Hall–Kier alpha value is -2.20. The third-order valence-electron chi connectivity index (χ3n) is 5.80. The second kappa shape index (κ2) is 11.4. The van der Waals surface area contributed by atoms with Gasteiger partial charge in [0.15, 0.2) is 0 Å². The highest BCUT2D eigenvalue weighted by Gasteiger charge is 2.53. The van der Waals surface area contributed by atoms with E-state index in [0.29, 0.717) is 5.71 Å². The van der Waals surface area contributed by atoms with Crippen LogP contribution in [0.4, 0.5) is 0 Å². The van der Waals surface area contributed by atoms with Gasteiger partial charge in [-0.15, -0.1) is 0 Å². The van der Waals surface area contributed by atoms with Crippen molar-refractivity contribution in [3.8, 4) is 0 Å². The van der Waals surface area contributed by atoms with Gasteiger partial charge in [0, 0.05) is 13.1 Å². The van der Waals surface area contributed by atoms with E-state index in [-0.39, 0.29) is 38.2 Å². The number of methoxy groups -OCH3 is 2. The van der Waals surface area contributed by atoms with Crippen LogP contribution in [0, 0.1) is 17.3 Å². The highest BCUT2D eigenvalue weighted by Crippen LogP contribution is 2.34. The van der Waals surface area contributed by atoms with Gasteiger partial charge in [0.05, 0.1) is 33.2 Å². The molecule has 0 aromatic heterocycles. The Kier molecular flexibility index (Phi) is 9.89. The van der Waals surface area contributed by atoms with E-state index in [4.69, 9.17) is 20.1 Å². The van der Waals surface area contributed by atoms with Crippen LogP contribution >= 0.6 is 0 Å². The topological polar surface area (TPSA) is 124 Å². The molecule has 0 aliphatic carbocycles. The molecule has 0 unspecified atom stereocenters. The minimum absolute atomic E-state index is 0.113. The number of nitrogens with zero attached hydrogens (tertiary/aromatic N) is 3. The maximum Gasteiger partial charge on any atom is 0.323 e. The predicted octanol–water partition coefficient (Wildman–Crippen LogP) is 0.841. The Labute approximate surface area is 185 Å². The highest BCUT2D eigenvalue weighted by atomic mass is 16.5. The number of carbonyl (C=O) groups is 3. The molecule has 178 valence electrons. The summed E-state index contributed by atoms with van der Waals surface area (Å²) in [6.07, 6.45) is 0. The number of esters is 3. The third-order valence-corrected chi connectivity index (χ3v) is 5.80. The van der Waals surface area contributed by atoms with Crippen molar-refractivity contribution < 1.29 is 28.6 Å². The fraction of sp³-hybridized carbons (Fsp3) is 0.810. The van der Waals surface area contributed by atoms with Crippen LogP contribution in [0.5, 0.6) is 0 Å². The first-order valence-corrected chi connectivity index (χ1v) is 10.6. The van der Waals surface area contributed by atoms with Crippen molar-refractivity contribution in [2.75, 3.05) is 40.6 Å². The largest absolute Gasteiger partial charge is 0.468 e. The van der Waals surface area contributed by atoms with Gasteiger partial charge in [-0.1, -0.05) is 27.7 Å². The third kappa shape index (κ3) is 5.74. The molecule has 31 heavy (non-hydrogen) atoms. The molecule has 1 aliphatic rings. The van der Waals surface area contributed by atoms with Crippen molar-refractivity contribution in [3.05, 3.63) is 0 Å². The number of carbonyl (C=O) groups excluding carboxylic acids is 3. The van der Waals surface area contributed by atoms with Crippen molar-refractivity contribution in [3.63, 3.8) is 0 Å². The maximum absolute atomic E-state index is 13.2. The van der Waals surface area contributed by atoms with Gasteiger partial charge >= 0.3 is 17.9 Å². The fourth-order valence-corrected chi connectivity index (χ4v) is 4.28. The summed E-state index contributed by atoms with van der Waals surface area (Å²) in [6.45, 7) is 11.7. The second-order valence-electron chi connectivity index (χ2n) is 8.58. The Balaban J connectivity index is 3.65.